The van der Waals surface area contributed by atoms with Crippen molar-refractivity contribution >= 4 is 16.9 Å². The predicted octanol–water partition coefficient (Wildman–Crippen LogP) is 3.80. The molecular weight excluding hydrogens is 266 g/mol. The molecule has 1 fully saturated rings. The second kappa shape index (κ2) is 5.90. The van der Waals surface area contributed by atoms with E-state index in [0.29, 0.717) is 34.9 Å². The summed E-state index contributed by atoms with van der Waals surface area (Å²) in [6.45, 7) is 2.76. The summed E-state index contributed by atoms with van der Waals surface area (Å²) < 4.78 is 5.74. The highest BCUT2D eigenvalue weighted by Crippen LogP contribution is 2.27. The van der Waals surface area contributed by atoms with E-state index in [0.717, 1.165) is 18.8 Å². The van der Waals surface area contributed by atoms with Gasteiger partial charge in [-0.15, -0.1) is 0 Å². The quantitative estimate of drug-likeness (QED) is 0.898. The molecule has 0 saturated heterocycles. The number of aromatic carboxylic acids is 1. The lowest BCUT2D eigenvalue weighted by Crippen LogP contribution is -2.33. The Kier molecular flexibility index (Phi) is 3.97. The van der Waals surface area contributed by atoms with Crippen molar-refractivity contribution in [2.24, 2.45) is 5.92 Å². The van der Waals surface area contributed by atoms with Crippen LogP contribution in [0.15, 0.2) is 28.7 Å². The monoisotopic (exact) mass is 287 g/mol. The highest BCUT2D eigenvalue weighted by atomic mass is 16.4. The van der Waals surface area contributed by atoms with Gasteiger partial charge in [0.1, 0.15) is 16.9 Å². The van der Waals surface area contributed by atoms with Crippen LogP contribution in [0.4, 0.5) is 0 Å². The first-order valence-electron chi connectivity index (χ1n) is 7.62. The van der Waals surface area contributed by atoms with Crippen LogP contribution in [0.2, 0.25) is 0 Å². The lowest BCUT2D eigenvalue weighted by Gasteiger charge is -2.27. The van der Waals surface area contributed by atoms with E-state index in [1.54, 1.807) is 6.07 Å². The maximum atomic E-state index is 11.5. The molecule has 1 heterocycles. The molecular formula is C17H21NO3. The summed E-state index contributed by atoms with van der Waals surface area (Å²) in [4.78, 5) is 11.5. The number of carboxylic acids is 1. The van der Waals surface area contributed by atoms with Gasteiger partial charge in [-0.1, -0.05) is 38.0 Å². The van der Waals surface area contributed by atoms with Crippen LogP contribution in [0.3, 0.4) is 0 Å². The van der Waals surface area contributed by atoms with Gasteiger partial charge in [0.2, 0.25) is 0 Å². The van der Waals surface area contributed by atoms with Gasteiger partial charge in [-0.05, 0) is 24.8 Å². The fourth-order valence-electron chi connectivity index (χ4n) is 3.31. The third kappa shape index (κ3) is 2.95. The van der Waals surface area contributed by atoms with Gasteiger partial charge in [0.05, 0.1) is 6.54 Å². The van der Waals surface area contributed by atoms with Crippen molar-refractivity contribution in [3.63, 3.8) is 0 Å². The average Bonchev–Trinajstić information content (AvgIpc) is 2.83. The lowest BCUT2D eigenvalue weighted by atomic mass is 9.87. The van der Waals surface area contributed by atoms with Crippen molar-refractivity contribution in [1.29, 1.82) is 0 Å². The second-order valence-electron chi connectivity index (χ2n) is 6.05. The summed E-state index contributed by atoms with van der Waals surface area (Å²) in [6.07, 6.45) is 4.85. The normalized spacial score (nSPS) is 22.5. The highest BCUT2D eigenvalue weighted by molar-refractivity contribution is 6.03. The first kappa shape index (κ1) is 14.1. The van der Waals surface area contributed by atoms with Crippen molar-refractivity contribution in [2.45, 2.75) is 45.2 Å². The number of para-hydroxylation sites is 1. The molecule has 3 rings (SSSR count). The van der Waals surface area contributed by atoms with E-state index in [4.69, 9.17) is 4.42 Å². The third-order valence-electron chi connectivity index (χ3n) is 4.37. The highest BCUT2D eigenvalue weighted by Gasteiger charge is 2.22. The average molecular weight is 287 g/mol. The number of hydrogen-bond acceptors (Lipinski definition) is 3. The number of carboxylic acid groups (broad SMARTS) is 1. The Morgan fingerprint density at radius 3 is 2.95 bits per heavy atom. The minimum absolute atomic E-state index is 0.293. The summed E-state index contributed by atoms with van der Waals surface area (Å²) in [6, 6.07) is 7.77. The zero-order valence-corrected chi connectivity index (χ0v) is 12.3. The minimum atomic E-state index is -0.922. The zero-order valence-electron chi connectivity index (χ0n) is 12.3. The van der Waals surface area contributed by atoms with Crippen LogP contribution in [0.25, 0.3) is 11.0 Å². The smallest absolute Gasteiger partial charge is 0.339 e. The Bertz CT molecular complexity index is 647. The van der Waals surface area contributed by atoms with Crippen LogP contribution in [0.5, 0.6) is 0 Å². The molecule has 1 aliphatic carbocycles. The first-order valence-corrected chi connectivity index (χ1v) is 7.62. The van der Waals surface area contributed by atoms with Crippen LogP contribution in [-0.4, -0.2) is 17.1 Å². The molecule has 2 atom stereocenters. The summed E-state index contributed by atoms with van der Waals surface area (Å²) in [5, 5.41) is 13.6. The van der Waals surface area contributed by atoms with Crippen molar-refractivity contribution in [1.82, 2.24) is 5.32 Å². The molecule has 0 amide bonds. The van der Waals surface area contributed by atoms with Gasteiger partial charge < -0.3 is 14.8 Å². The molecule has 0 aliphatic heterocycles. The summed E-state index contributed by atoms with van der Waals surface area (Å²) in [5.41, 5.74) is 0.936. The second-order valence-corrected chi connectivity index (χ2v) is 6.05. The molecule has 21 heavy (non-hydrogen) atoms. The third-order valence-corrected chi connectivity index (χ3v) is 4.37. The Hall–Kier alpha value is -1.81. The zero-order chi connectivity index (χ0) is 14.8. The van der Waals surface area contributed by atoms with Gasteiger partial charge in [-0.2, -0.15) is 0 Å². The number of benzene rings is 1. The van der Waals surface area contributed by atoms with Crippen LogP contribution in [0.1, 0.15) is 48.7 Å². The number of furan rings is 1. The van der Waals surface area contributed by atoms with Gasteiger partial charge in [0.25, 0.3) is 0 Å². The van der Waals surface area contributed by atoms with E-state index in [9.17, 15) is 9.90 Å². The van der Waals surface area contributed by atoms with Crippen molar-refractivity contribution in [2.75, 3.05) is 0 Å². The molecule has 2 unspecified atom stereocenters. The SMILES string of the molecule is CC1CCCC(NCc2oc3ccccc3c2C(=O)O)C1. The predicted molar refractivity (Wildman–Crippen MR) is 81.4 cm³/mol. The van der Waals surface area contributed by atoms with Gasteiger partial charge in [-0.3, -0.25) is 0 Å². The van der Waals surface area contributed by atoms with E-state index in [1.807, 2.05) is 18.2 Å². The molecule has 0 bridgehead atoms. The summed E-state index contributed by atoms with van der Waals surface area (Å²) in [7, 11) is 0. The molecule has 1 aromatic heterocycles. The summed E-state index contributed by atoms with van der Waals surface area (Å²) in [5.74, 6) is 0.349. The van der Waals surface area contributed by atoms with Crippen LogP contribution in [0, 0.1) is 5.92 Å². The molecule has 1 saturated carbocycles. The Morgan fingerprint density at radius 1 is 1.38 bits per heavy atom. The molecule has 1 aliphatic rings. The van der Waals surface area contributed by atoms with Crippen molar-refractivity contribution < 1.29 is 14.3 Å². The van der Waals surface area contributed by atoms with Gasteiger partial charge in [0, 0.05) is 11.4 Å². The van der Waals surface area contributed by atoms with Crippen molar-refractivity contribution in [3.8, 4) is 0 Å². The van der Waals surface area contributed by atoms with E-state index in [1.165, 1.54) is 12.8 Å². The van der Waals surface area contributed by atoms with E-state index in [-0.39, 0.29) is 0 Å². The van der Waals surface area contributed by atoms with E-state index >= 15 is 0 Å². The Labute approximate surface area is 124 Å². The van der Waals surface area contributed by atoms with Gasteiger partial charge >= 0.3 is 5.97 Å². The molecule has 0 radical (unpaired) electrons. The number of nitrogens with one attached hydrogen (secondary N) is 1. The largest absolute Gasteiger partial charge is 0.478 e. The number of rotatable bonds is 4. The lowest BCUT2D eigenvalue weighted by molar-refractivity contribution is 0.0696. The van der Waals surface area contributed by atoms with Crippen molar-refractivity contribution in [3.05, 3.63) is 35.6 Å². The molecule has 2 N–H and O–H groups in total. The van der Waals surface area contributed by atoms with Crippen LogP contribution >= 0.6 is 0 Å². The molecule has 2 aromatic rings. The van der Waals surface area contributed by atoms with Crippen LogP contribution < -0.4 is 5.32 Å². The first-order chi connectivity index (χ1) is 10.1. The summed E-state index contributed by atoms with van der Waals surface area (Å²) >= 11 is 0. The number of hydrogen-bond donors (Lipinski definition) is 2. The van der Waals surface area contributed by atoms with E-state index < -0.39 is 5.97 Å². The maximum Gasteiger partial charge on any atom is 0.339 e. The van der Waals surface area contributed by atoms with Gasteiger partial charge in [-0.25, -0.2) is 4.79 Å². The molecule has 4 heteroatoms. The fourth-order valence-corrected chi connectivity index (χ4v) is 3.31. The topological polar surface area (TPSA) is 62.5 Å². The molecule has 1 aromatic carbocycles. The number of carbonyl (C=O) groups is 1. The fraction of sp³-hybridized carbons (Fsp3) is 0.471. The molecule has 0 spiro atoms. The number of fused-ring (bicyclic) bond motifs is 1. The minimum Gasteiger partial charge on any atom is -0.478 e. The standard InChI is InChI=1S/C17H21NO3/c1-11-5-4-6-12(9-11)18-10-15-16(17(19)20)13-7-2-3-8-14(13)21-15/h2-3,7-8,11-12,18H,4-6,9-10H2,1H3,(H,19,20). The van der Waals surface area contributed by atoms with E-state index in [2.05, 4.69) is 12.2 Å². The molecule has 4 nitrogen and oxygen atoms in total. The molecule has 112 valence electrons. The Morgan fingerprint density at radius 2 is 2.19 bits per heavy atom. The Balaban J connectivity index is 1.80. The van der Waals surface area contributed by atoms with Crippen LogP contribution in [-0.2, 0) is 6.54 Å². The van der Waals surface area contributed by atoms with Gasteiger partial charge in [0.15, 0.2) is 0 Å². The maximum absolute atomic E-state index is 11.5.